The van der Waals surface area contributed by atoms with Crippen LogP contribution in [0.25, 0.3) is 23.3 Å². The van der Waals surface area contributed by atoms with E-state index in [9.17, 15) is 0 Å². The molecule has 0 radical (unpaired) electrons. The van der Waals surface area contributed by atoms with Crippen LogP contribution in [0.4, 0.5) is 0 Å². The maximum absolute atomic E-state index is 6.01. The van der Waals surface area contributed by atoms with Crippen LogP contribution in [0.15, 0.2) is 54.7 Å². The topological polar surface area (TPSA) is 41.6 Å². The molecule has 0 fully saturated rings. The lowest BCUT2D eigenvalue weighted by molar-refractivity contribution is 0.937. The summed E-state index contributed by atoms with van der Waals surface area (Å²) in [6.45, 7) is 0. The molecule has 0 bridgehead atoms. The quantitative estimate of drug-likeness (QED) is 0.778. The Hall–Kier alpha value is -2.39. The number of halogens is 1. The first-order valence-electron chi connectivity index (χ1n) is 6.21. The first-order valence-corrected chi connectivity index (χ1v) is 6.59. The van der Waals surface area contributed by atoms with E-state index in [4.69, 9.17) is 11.6 Å². The smallest absolute Gasteiger partial charge is 0.105 e. The number of aromatic amines is 1. The van der Waals surface area contributed by atoms with Crippen molar-refractivity contribution in [3.05, 3.63) is 71.0 Å². The van der Waals surface area contributed by atoms with Gasteiger partial charge in [0.2, 0.25) is 0 Å². The van der Waals surface area contributed by atoms with E-state index in [1.165, 1.54) is 0 Å². The second-order valence-electron chi connectivity index (χ2n) is 4.36. The first kappa shape index (κ1) is 12.6. The predicted molar refractivity (Wildman–Crippen MR) is 82.2 cm³/mol. The van der Waals surface area contributed by atoms with Crippen LogP contribution in [0, 0.1) is 0 Å². The van der Waals surface area contributed by atoms with Gasteiger partial charge in [0.15, 0.2) is 0 Å². The van der Waals surface area contributed by atoms with Gasteiger partial charge in [-0.1, -0.05) is 54.1 Å². The standard InChI is InChI=1S/C16H12ClN3/c17-15-3-1-2-14(10-15)13-7-4-12(5-8-13)6-9-16-11-18-20-19-16/h1-11H,(H,18,19,20)/b9-6+. The Kier molecular flexibility index (Phi) is 3.61. The Morgan fingerprint density at radius 1 is 0.950 bits per heavy atom. The Balaban J connectivity index is 1.81. The fraction of sp³-hybridized carbons (Fsp3) is 0. The van der Waals surface area contributed by atoms with Gasteiger partial charge in [0, 0.05) is 5.02 Å². The van der Waals surface area contributed by atoms with Gasteiger partial charge >= 0.3 is 0 Å². The molecule has 3 rings (SSSR count). The van der Waals surface area contributed by atoms with E-state index in [1.54, 1.807) is 6.20 Å². The SMILES string of the molecule is Clc1cccc(-c2ccc(/C=C/c3cn[nH]n3)cc2)c1. The first-order chi connectivity index (χ1) is 9.81. The molecule has 2 aromatic carbocycles. The summed E-state index contributed by atoms with van der Waals surface area (Å²) >= 11 is 6.01. The zero-order chi connectivity index (χ0) is 13.8. The highest BCUT2D eigenvalue weighted by atomic mass is 35.5. The van der Waals surface area contributed by atoms with Gasteiger partial charge in [-0.3, -0.25) is 0 Å². The van der Waals surface area contributed by atoms with Gasteiger partial charge in [0.1, 0.15) is 5.69 Å². The molecule has 0 aliphatic rings. The molecule has 0 amide bonds. The molecule has 0 atom stereocenters. The van der Waals surface area contributed by atoms with Crippen molar-refractivity contribution in [1.82, 2.24) is 15.4 Å². The highest BCUT2D eigenvalue weighted by Crippen LogP contribution is 2.23. The molecule has 20 heavy (non-hydrogen) atoms. The average Bonchev–Trinajstić information content (AvgIpc) is 2.99. The summed E-state index contributed by atoms with van der Waals surface area (Å²) in [5.41, 5.74) is 4.18. The lowest BCUT2D eigenvalue weighted by Gasteiger charge is -2.02. The van der Waals surface area contributed by atoms with E-state index in [2.05, 4.69) is 39.7 Å². The van der Waals surface area contributed by atoms with E-state index in [1.807, 2.05) is 36.4 Å². The molecule has 0 aliphatic heterocycles. The molecule has 0 unspecified atom stereocenters. The van der Waals surface area contributed by atoms with Crippen LogP contribution in [0.3, 0.4) is 0 Å². The third-order valence-corrected chi connectivity index (χ3v) is 3.18. The molecule has 1 heterocycles. The van der Waals surface area contributed by atoms with Crippen LogP contribution in [-0.2, 0) is 0 Å². The van der Waals surface area contributed by atoms with Crippen LogP contribution in [0.5, 0.6) is 0 Å². The average molecular weight is 282 g/mol. The summed E-state index contributed by atoms with van der Waals surface area (Å²) in [5, 5.41) is 11.1. The number of nitrogens with zero attached hydrogens (tertiary/aromatic N) is 2. The number of hydrogen-bond donors (Lipinski definition) is 1. The van der Waals surface area contributed by atoms with Crippen molar-refractivity contribution in [1.29, 1.82) is 0 Å². The van der Waals surface area contributed by atoms with Crippen LogP contribution in [-0.4, -0.2) is 15.4 Å². The number of nitrogens with one attached hydrogen (secondary N) is 1. The van der Waals surface area contributed by atoms with Crippen molar-refractivity contribution < 1.29 is 0 Å². The maximum Gasteiger partial charge on any atom is 0.105 e. The van der Waals surface area contributed by atoms with Gasteiger partial charge in [0.05, 0.1) is 6.20 Å². The van der Waals surface area contributed by atoms with E-state index in [0.29, 0.717) is 0 Å². The van der Waals surface area contributed by atoms with Crippen molar-refractivity contribution in [2.45, 2.75) is 0 Å². The fourth-order valence-corrected chi connectivity index (χ4v) is 2.12. The third-order valence-electron chi connectivity index (χ3n) is 2.95. The van der Waals surface area contributed by atoms with Crippen molar-refractivity contribution in [2.24, 2.45) is 0 Å². The summed E-state index contributed by atoms with van der Waals surface area (Å²) in [6, 6.07) is 16.1. The highest BCUT2D eigenvalue weighted by Gasteiger charge is 1.98. The van der Waals surface area contributed by atoms with Gasteiger partial charge in [-0.25, -0.2) is 0 Å². The van der Waals surface area contributed by atoms with Gasteiger partial charge in [0.25, 0.3) is 0 Å². The molecule has 4 heteroatoms. The Bertz CT molecular complexity index is 716. The summed E-state index contributed by atoms with van der Waals surface area (Å²) in [4.78, 5) is 0. The second-order valence-corrected chi connectivity index (χ2v) is 4.80. The monoisotopic (exact) mass is 281 g/mol. The third kappa shape index (κ3) is 2.95. The zero-order valence-corrected chi connectivity index (χ0v) is 11.4. The van der Waals surface area contributed by atoms with Gasteiger partial charge in [-0.2, -0.15) is 15.4 Å². The van der Waals surface area contributed by atoms with Crippen LogP contribution < -0.4 is 0 Å². The molecule has 0 saturated heterocycles. The molecule has 3 nitrogen and oxygen atoms in total. The molecular weight excluding hydrogens is 270 g/mol. The molecular formula is C16H12ClN3. The predicted octanol–water partition coefficient (Wildman–Crippen LogP) is 4.30. The summed E-state index contributed by atoms with van der Waals surface area (Å²) < 4.78 is 0. The van der Waals surface area contributed by atoms with Crippen molar-refractivity contribution >= 4 is 23.8 Å². The molecule has 0 saturated carbocycles. The summed E-state index contributed by atoms with van der Waals surface area (Å²) in [6.07, 6.45) is 5.59. The number of H-pyrrole nitrogens is 1. The second kappa shape index (κ2) is 5.72. The van der Waals surface area contributed by atoms with Gasteiger partial charge in [-0.15, -0.1) is 0 Å². The number of hydrogen-bond acceptors (Lipinski definition) is 2. The Morgan fingerprint density at radius 3 is 2.50 bits per heavy atom. The van der Waals surface area contributed by atoms with E-state index >= 15 is 0 Å². The van der Waals surface area contributed by atoms with Gasteiger partial charge in [-0.05, 0) is 34.9 Å². The fourth-order valence-electron chi connectivity index (χ4n) is 1.93. The largest absolute Gasteiger partial charge is 0.197 e. The van der Waals surface area contributed by atoms with E-state index in [-0.39, 0.29) is 0 Å². The molecule has 0 aliphatic carbocycles. The van der Waals surface area contributed by atoms with Crippen LogP contribution >= 0.6 is 11.6 Å². The molecule has 3 aromatic rings. The highest BCUT2D eigenvalue weighted by molar-refractivity contribution is 6.30. The minimum absolute atomic E-state index is 0.748. The normalized spacial score (nSPS) is 11.1. The van der Waals surface area contributed by atoms with E-state index in [0.717, 1.165) is 27.4 Å². The van der Waals surface area contributed by atoms with Crippen molar-refractivity contribution in [3.63, 3.8) is 0 Å². The van der Waals surface area contributed by atoms with Crippen molar-refractivity contribution in [2.75, 3.05) is 0 Å². The number of aromatic nitrogens is 3. The Morgan fingerprint density at radius 2 is 1.80 bits per heavy atom. The van der Waals surface area contributed by atoms with Gasteiger partial charge < -0.3 is 0 Å². The molecule has 0 spiro atoms. The molecule has 1 aromatic heterocycles. The summed E-state index contributed by atoms with van der Waals surface area (Å²) in [5.74, 6) is 0. The van der Waals surface area contributed by atoms with Crippen LogP contribution in [0.2, 0.25) is 5.02 Å². The summed E-state index contributed by atoms with van der Waals surface area (Å²) in [7, 11) is 0. The minimum atomic E-state index is 0.748. The lowest BCUT2D eigenvalue weighted by atomic mass is 10.0. The minimum Gasteiger partial charge on any atom is -0.197 e. The maximum atomic E-state index is 6.01. The lowest BCUT2D eigenvalue weighted by Crippen LogP contribution is -1.79. The number of rotatable bonds is 3. The Labute approximate surface area is 121 Å². The van der Waals surface area contributed by atoms with Crippen molar-refractivity contribution in [3.8, 4) is 11.1 Å². The number of benzene rings is 2. The van der Waals surface area contributed by atoms with E-state index < -0.39 is 0 Å². The zero-order valence-electron chi connectivity index (χ0n) is 10.6. The molecule has 1 N–H and O–H groups in total. The molecule has 98 valence electrons. The van der Waals surface area contributed by atoms with Crippen LogP contribution in [0.1, 0.15) is 11.3 Å².